The Balaban J connectivity index is 1.64. The Morgan fingerprint density at radius 1 is 1.21 bits per heavy atom. The molecule has 7 nitrogen and oxygen atoms in total. The number of pyridine rings is 1. The summed E-state index contributed by atoms with van der Waals surface area (Å²) in [5.41, 5.74) is 2.04. The van der Waals surface area contributed by atoms with Crippen molar-refractivity contribution in [3.63, 3.8) is 0 Å². The monoisotopic (exact) mass is 467 g/mol. The Morgan fingerprint density at radius 2 is 2.03 bits per heavy atom. The molecule has 4 rings (SSSR count). The molecule has 0 atom stereocenters. The maximum absolute atomic E-state index is 14.6. The lowest BCUT2D eigenvalue weighted by Gasteiger charge is -2.09. The van der Waals surface area contributed by atoms with E-state index in [2.05, 4.69) is 26.7 Å². The Hall–Kier alpha value is -3.30. The number of anilines is 1. The van der Waals surface area contributed by atoms with Crippen LogP contribution in [0.4, 0.5) is 10.1 Å². The molecule has 3 aromatic heterocycles. The number of carbonyl (C=O) groups is 1. The van der Waals surface area contributed by atoms with Crippen molar-refractivity contribution in [2.45, 2.75) is 33.4 Å². The van der Waals surface area contributed by atoms with Gasteiger partial charge in [-0.15, -0.1) is 11.3 Å². The van der Waals surface area contributed by atoms with E-state index in [1.807, 2.05) is 26.4 Å². The lowest BCUT2D eigenvalue weighted by molar-refractivity contribution is -0.115. The molecule has 1 aromatic carbocycles. The number of hydrogen-bond acceptors (Lipinski definition) is 6. The topological polar surface area (TPSA) is 72.3 Å². The molecule has 9 heteroatoms. The van der Waals surface area contributed by atoms with Crippen LogP contribution in [-0.2, 0) is 17.9 Å². The van der Waals surface area contributed by atoms with Gasteiger partial charge in [0.1, 0.15) is 11.6 Å². The highest BCUT2D eigenvalue weighted by atomic mass is 32.1. The number of hydrogen-bond donors (Lipinski definition) is 1. The van der Waals surface area contributed by atoms with E-state index in [1.54, 1.807) is 25.3 Å². The number of carbonyl (C=O) groups excluding carboxylic acids is 1. The van der Waals surface area contributed by atoms with Crippen molar-refractivity contribution in [1.82, 2.24) is 19.4 Å². The van der Waals surface area contributed by atoms with Crippen LogP contribution in [0.2, 0.25) is 0 Å². The third-order valence-corrected chi connectivity index (χ3v) is 6.20. The molecule has 0 fully saturated rings. The van der Waals surface area contributed by atoms with Gasteiger partial charge in [-0.05, 0) is 39.2 Å². The third kappa shape index (κ3) is 5.04. The summed E-state index contributed by atoms with van der Waals surface area (Å²) in [7, 11) is 4.04. The second-order valence-corrected chi connectivity index (χ2v) is 8.90. The fourth-order valence-corrected chi connectivity index (χ4v) is 4.43. The van der Waals surface area contributed by atoms with Gasteiger partial charge in [0.25, 0.3) is 0 Å². The van der Waals surface area contributed by atoms with Crippen LogP contribution in [0.25, 0.3) is 20.8 Å². The van der Waals surface area contributed by atoms with E-state index in [0.717, 1.165) is 39.7 Å². The zero-order chi connectivity index (χ0) is 23.5. The average molecular weight is 468 g/mol. The van der Waals surface area contributed by atoms with Gasteiger partial charge in [0.05, 0.1) is 27.3 Å². The summed E-state index contributed by atoms with van der Waals surface area (Å²) in [5.74, 6) is 0.862. The Morgan fingerprint density at radius 3 is 2.73 bits per heavy atom. The zero-order valence-corrected chi connectivity index (χ0v) is 19.9. The molecule has 33 heavy (non-hydrogen) atoms. The van der Waals surface area contributed by atoms with Gasteiger partial charge in [0.2, 0.25) is 5.91 Å². The molecule has 0 unspecified atom stereocenters. The number of fused-ring (bicyclic) bond motifs is 1. The number of benzene rings is 1. The molecule has 0 saturated carbocycles. The van der Waals surface area contributed by atoms with Crippen LogP contribution in [-0.4, -0.2) is 39.4 Å². The predicted molar refractivity (Wildman–Crippen MR) is 129 cm³/mol. The minimum Gasteiger partial charge on any atom is -0.453 e. The van der Waals surface area contributed by atoms with Crippen molar-refractivity contribution in [2.24, 2.45) is 0 Å². The lowest BCUT2D eigenvalue weighted by atomic mass is 10.2. The summed E-state index contributed by atoms with van der Waals surface area (Å²) in [5, 5.41) is 2.64. The fraction of sp³-hybridized carbons (Fsp3) is 0.292. The highest BCUT2D eigenvalue weighted by Crippen LogP contribution is 2.39. The Bertz CT molecular complexity index is 1300. The number of ether oxygens (including phenoxy) is 1. The van der Waals surface area contributed by atoms with Crippen molar-refractivity contribution in [2.75, 3.05) is 19.4 Å². The van der Waals surface area contributed by atoms with E-state index >= 15 is 0 Å². The van der Waals surface area contributed by atoms with Gasteiger partial charge in [0.15, 0.2) is 11.6 Å². The number of thiophene rings is 1. The number of nitrogens with zero attached hydrogens (tertiary/aromatic N) is 4. The summed E-state index contributed by atoms with van der Waals surface area (Å²) in [6, 6.07) is 8.09. The van der Waals surface area contributed by atoms with Crippen LogP contribution in [0.15, 0.2) is 42.7 Å². The van der Waals surface area contributed by atoms with Crippen molar-refractivity contribution in [1.29, 1.82) is 0 Å². The van der Waals surface area contributed by atoms with Crippen LogP contribution in [0.3, 0.4) is 0 Å². The van der Waals surface area contributed by atoms with E-state index in [-0.39, 0.29) is 11.7 Å². The standard InChI is InChI=1S/C24H26FN5O2S/c1-5-23(31)27-15-7-8-19(16(25)11-15)32-20-9-10-26-17-12-21(33-24(17)20)18-13-30(6-2)22(28-18)14-29(3)4/h7-13H,5-6,14H2,1-4H3,(H,27,31). The SMILES string of the molecule is CCC(=O)Nc1ccc(Oc2ccnc3cc(-c4cn(CC)c(CN(C)C)n4)sc23)c(F)c1. The minimum absolute atomic E-state index is 0.0791. The number of nitrogens with one attached hydrogen (secondary N) is 1. The highest BCUT2D eigenvalue weighted by Gasteiger charge is 2.16. The number of amides is 1. The summed E-state index contributed by atoms with van der Waals surface area (Å²) >= 11 is 1.51. The minimum atomic E-state index is -0.555. The van der Waals surface area contributed by atoms with Gasteiger partial charge in [-0.1, -0.05) is 6.92 Å². The van der Waals surface area contributed by atoms with Crippen LogP contribution in [0.1, 0.15) is 26.1 Å². The van der Waals surface area contributed by atoms with Gasteiger partial charge in [0, 0.05) is 43.2 Å². The third-order valence-electron chi connectivity index (χ3n) is 5.04. The first-order chi connectivity index (χ1) is 15.9. The molecular formula is C24H26FN5O2S. The van der Waals surface area contributed by atoms with Crippen molar-refractivity contribution >= 4 is 33.1 Å². The summed E-state index contributed by atoms with van der Waals surface area (Å²) < 4.78 is 23.5. The second-order valence-electron chi connectivity index (χ2n) is 7.85. The fourth-order valence-electron chi connectivity index (χ4n) is 3.41. The number of rotatable bonds is 8. The van der Waals surface area contributed by atoms with E-state index < -0.39 is 5.82 Å². The normalized spacial score (nSPS) is 11.3. The molecule has 0 aliphatic heterocycles. The molecule has 4 aromatic rings. The largest absolute Gasteiger partial charge is 0.453 e. The van der Waals surface area contributed by atoms with E-state index in [1.165, 1.54) is 23.5 Å². The van der Waals surface area contributed by atoms with Gasteiger partial charge < -0.3 is 19.5 Å². The predicted octanol–water partition coefficient (Wildman–Crippen LogP) is 5.52. The number of imidazole rings is 1. The lowest BCUT2D eigenvalue weighted by Crippen LogP contribution is -2.15. The molecule has 0 spiro atoms. The molecular weight excluding hydrogens is 441 g/mol. The van der Waals surface area contributed by atoms with Crippen LogP contribution in [0.5, 0.6) is 11.5 Å². The molecule has 0 saturated heterocycles. The first kappa shape index (κ1) is 22.9. The van der Waals surface area contributed by atoms with Crippen LogP contribution >= 0.6 is 11.3 Å². The molecule has 0 bridgehead atoms. The van der Waals surface area contributed by atoms with Gasteiger partial charge in [-0.25, -0.2) is 9.37 Å². The summed E-state index contributed by atoms with van der Waals surface area (Å²) in [4.78, 5) is 23.9. The Labute approximate surface area is 195 Å². The molecule has 3 heterocycles. The average Bonchev–Trinajstić information content (AvgIpc) is 3.39. The number of aryl methyl sites for hydroxylation is 1. The molecule has 1 N–H and O–H groups in total. The zero-order valence-electron chi connectivity index (χ0n) is 19.1. The van der Waals surface area contributed by atoms with Gasteiger partial charge in [-0.2, -0.15) is 0 Å². The maximum Gasteiger partial charge on any atom is 0.224 e. The second kappa shape index (κ2) is 9.68. The number of halogens is 1. The molecule has 0 aliphatic rings. The van der Waals surface area contributed by atoms with Crippen molar-refractivity contribution in [3.8, 4) is 22.1 Å². The van der Waals surface area contributed by atoms with Crippen LogP contribution in [0, 0.1) is 5.82 Å². The molecule has 0 radical (unpaired) electrons. The smallest absolute Gasteiger partial charge is 0.224 e. The first-order valence-electron chi connectivity index (χ1n) is 10.7. The number of aromatic nitrogens is 3. The van der Waals surface area contributed by atoms with Crippen molar-refractivity contribution < 1.29 is 13.9 Å². The molecule has 172 valence electrons. The Kier molecular flexibility index (Phi) is 6.71. The van der Waals surface area contributed by atoms with Gasteiger partial charge >= 0.3 is 0 Å². The quantitative estimate of drug-likeness (QED) is 0.369. The maximum atomic E-state index is 14.6. The molecule has 0 aliphatic carbocycles. The van der Waals surface area contributed by atoms with E-state index in [9.17, 15) is 9.18 Å². The van der Waals surface area contributed by atoms with Crippen molar-refractivity contribution in [3.05, 3.63) is 54.4 Å². The highest BCUT2D eigenvalue weighted by molar-refractivity contribution is 7.22. The van der Waals surface area contributed by atoms with E-state index in [0.29, 0.717) is 17.9 Å². The molecule has 1 amide bonds. The summed E-state index contributed by atoms with van der Waals surface area (Å²) in [6.07, 6.45) is 4.01. The first-order valence-corrected chi connectivity index (χ1v) is 11.6. The summed E-state index contributed by atoms with van der Waals surface area (Å²) in [6.45, 7) is 5.42. The van der Waals surface area contributed by atoms with Gasteiger partial charge in [-0.3, -0.25) is 9.78 Å². The van der Waals surface area contributed by atoms with E-state index in [4.69, 9.17) is 9.72 Å². The van der Waals surface area contributed by atoms with Crippen LogP contribution < -0.4 is 10.1 Å².